The molecular weight excluding hydrogens is 429 g/mol. The number of morpholine rings is 1. The standard InChI is InChI=1S/C20H29N5O3.2ClH/c1-21-19(17-14-23-24(2)15-17)20(26)22-13-16-4-3-5-18(12-16)28-11-8-25-6-9-27-10-7-25;;/h3-5,12,14-15,19,21H,6-11,13H2,1-2H3,(H,22,26);2*1H. The Morgan fingerprint density at radius 1 is 1.30 bits per heavy atom. The topological polar surface area (TPSA) is 80.7 Å². The van der Waals surface area contributed by atoms with Gasteiger partial charge in [0.25, 0.3) is 0 Å². The lowest BCUT2D eigenvalue weighted by Crippen LogP contribution is -2.38. The van der Waals surface area contributed by atoms with Gasteiger partial charge in [-0.15, -0.1) is 24.8 Å². The van der Waals surface area contributed by atoms with Crippen LogP contribution >= 0.6 is 24.8 Å². The monoisotopic (exact) mass is 459 g/mol. The van der Waals surface area contributed by atoms with Gasteiger partial charge in [-0.2, -0.15) is 5.10 Å². The molecule has 1 aromatic carbocycles. The van der Waals surface area contributed by atoms with Crippen LogP contribution in [0, 0.1) is 0 Å². The molecule has 10 heteroatoms. The number of ether oxygens (including phenoxy) is 2. The fourth-order valence-corrected chi connectivity index (χ4v) is 3.19. The summed E-state index contributed by atoms with van der Waals surface area (Å²) in [6.45, 7) is 5.47. The molecule has 8 nitrogen and oxygen atoms in total. The lowest BCUT2D eigenvalue weighted by atomic mass is 10.1. The van der Waals surface area contributed by atoms with Crippen molar-refractivity contribution in [2.75, 3.05) is 46.5 Å². The van der Waals surface area contributed by atoms with Gasteiger partial charge in [0.05, 0.1) is 19.4 Å². The number of nitrogens with zero attached hydrogens (tertiary/aromatic N) is 3. The summed E-state index contributed by atoms with van der Waals surface area (Å²) < 4.78 is 12.9. The molecule has 0 bridgehead atoms. The van der Waals surface area contributed by atoms with Crippen LogP contribution in [0.1, 0.15) is 17.2 Å². The number of carbonyl (C=O) groups excluding carboxylic acids is 1. The van der Waals surface area contributed by atoms with E-state index in [1.165, 1.54) is 0 Å². The molecule has 1 fully saturated rings. The highest BCUT2D eigenvalue weighted by molar-refractivity contribution is 5.85. The molecule has 3 rings (SSSR count). The number of aryl methyl sites for hydroxylation is 1. The summed E-state index contributed by atoms with van der Waals surface area (Å²) >= 11 is 0. The van der Waals surface area contributed by atoms with Crippen LogP contribution in [0.15, 0.2) is 36.7 Å². The predicted molar refractivity (Wildman–Crippen MR) is 121 cm³/mol. The number of carbonyl (C=O) groups is 1. The molecule has 0 spiro atoms. The van der Waals surface area contributed by atoms with Crippen molar-refractivity contribution >= 4 is 30.7 Å². The molecule has 0 radical (unpaired) electrons. The minimum absolute atomic E-state index is 0. The number of halogens is 2. The number of hydrogen-bond acceptors (Lipinski definition) is 6. The van der Waals surface area contributed by atoms with Crippen molar-refractivity contribution in [3.8, 4) is 5.75 Å². The maximum absolute atomic E-state index is 12.5. The normalized spacial score (nSPS) is 14.9. The highest BCUT2D eigenvalue weighted by Crippen LogP contribution is 2.15. The van der Waals surface area contributed by atoms with Crippen LogP contribution in [0.5, 0.6) is 5.75 Å². The van der Waals surface area contributed by atoms with Gasteiger partial charge in [0.1, 0.15) is 18.4 Å². The van der Waals surface area contributed by atoms with E-state index in [1.54, 1.807) is 17.9 Å². The zero-order chi connectivity index (χ0) is 19.8. The molecule has 1 atom stereocenters. The Labute approximate surface area is 190 Å². The summed E-state index contributed by atoms with van der Waals surface area (Å²) in [4.78, 5) is 14.9. The highest BCUT2D eigenvalue weighted by Gasteiger charge is 2.19. The Bertz CT molecular complexity index is 768. The molecule has 1 unspecified atom stereocenters. The molecule has 1 amide bonds. The maximum atomic E-state index is 12.5. The van der Waals surface area contributed by atoms with E-state index in [-0.39, 0.29) is 30.7 Å². The van der Waals surface area contributed by atoms with Crippen molar-refractivity contribution in [2.24, 2.45) is 7.05 Å². The highest BCUT2D eigenvalue weighted by atomic mass is 35.5. The van der Waals surface area contributed by atoms with Crippen molar-refractivity contribution in [1.82, 2.24) is 25.3 Å². The van der Waals surface area contributed by atoms with E-state index in [0.29, 0.717) is 13.2 Å². The van der Waals surface area contributed by atoms with Crippen LogP contribution in [-0.4, -0.2) is 67.1 Å². The summed E-state index contributed by atoms with van der Waals surface area (Å²) in [6, 6.07) is 7.41. The first kappa shape index (κ1) is 26.2. The van der Waals surface area contributed by atoms with E-state index in [0.717, 1.165) is 49.7 Å². The van der Waals surface area contributed by atoms with E-state index in [9.17, 15) is 4.79 Å². The molecule has 2 heterocycles. The van der Waals surface area contributed by atoms with Crippen molar-refractivity contribution in [3.05, 3.63) is 47.8 Å². The number of aromatic nitrogens is 2. The number of rotatable bonds is 9. The number of benzene rings is 1. The Morgan fingerprint density at radius 3 is 2.73 bits per heavy atom. The van der Waals surface area contributed by atoms with Crippen LogP contribution in [0.2, 0.25) is 0 Å². The largest absolute Gasteiger partial charge is 0.492 e. The van der Waals surface area contributed by atoms with Crippen molar-refractivity contribution in [2.45, 2.75) is 12.6 Å². The Kier molecular flexibility index (Phi) is 11.8. The first-order chi connectivity index (χ1) is 13.7. The van der Waals surface area contributed by atoms with Gasteiger partial charge < -0.3 is 20.1 Å². The fourth-order valence-electron chi connectivity index (χ4n) is 3.19. The van der Waals surface area contributed by atoms with Gasteiger partial charge in [-0.1, -0.05) is 12.1 Å². The molecule has 30 heavy (non-hydrogen) atoms. The molecule has 0 aliphatic carbocycles. The molecule has 1 aliphatic heterocycles. The Balaban J connectivity index is 0.00000225. The quantitative estimate of drug-likeness (QED) is 0.591. The average Bonchev–Trinajstić information content (AvgIpc) is 3.14. The molecule has 2 N–H and O–H groups in total. The maximum Gasteiger partial charge on any atom is 0.242 e. The molecule has 1 aliphatic rings. The zero-order valence-electron chi connectivity index (χ0n) is 17.4. The zero-order valence-corrected chi connectivity index (χ0v) is 19.0. The Hall–Kier alpha value is -1.84. The summed E-state index contributed by atoms with van der Waals surface area (Å²) in [5.74, 6) is 0.728. The summed E-state index contributed by atoms with van der Waals surface area (Å²) in [5.41, 5.74) is 1.83. The predicted octanol–water partition coefficient (Wildman–Crippen LogP) is 1.55. The second kappa shape index (κ2) is 13.5. The molecule has 1 aromatic heterocycles. The van der Waals surface area contributed by atoms with Crippen LogP contribution in [-0.2, 0) is 23.1 Å². The van der Waals surface area contributed by atoms with Gasteiger partial charge >= 0.3 is 0 Å². The number of nitrogens with one attached hydrogen (secondary N) is 2. The van der Waals surface area contributed by atoms with Gasteiger partial charge in [-0.25, -0.2) is 0 Å². The molecule has 0 saturated carbocycles. The second-order valence-corrected chi connectivity index (χ2v) is 6.84. The first-order valence-electron chi connectivity index (χ1n) is 9.61. The van der Waals surface area contributed by atoms with Gasteiger partial charge in [0.2, 0.25) is 5.91 Å². The number of hydrogen-bond donors (Lipinski definition) is 2. The molecule has 2 aromatic rings. The fraction of sp³-hybridized carbons (Fsp3) is 0.500. The SMILES string of the molecule is CNC(C(=O)NCc1cccc(OCCN2CCOCC2)c1)c1cnn(C)c1.Cl.Cl. The summed E-state index contributed by atoms with van der Waals surface area (Å²) in [6.07, 6.45) is 3.54. The van der Waals surface area contributed by atoms with Crippen LogP contribution in [0.4, 0.5) is 0 Å². The van der Waals surface area contributed by atoms with Crippen molar-refractivity contribution in [3.63, 3.8) is 0 Å². The van der Waals surface area contributed by atoms with Gasteiger partial charge in [-0.3, -0.25) is 14.4 Å². The third-order valence-corrected chi connectivity index (χ3v) is 4.75. The molecular formula is C20H31Cl2N5O3. The number of amides is 1. The van der Waals surface area contributed by atoms with Gasteiger partial charge in [0.15, 0.2) is 0 Å². The second-order valence-electron chi connectivity index (χ2n) is 6.84. The number of likely N-dealkylation sites (N-methyl/N-ethyl adjacent to an activating group) is 1. The summed E-state index contributed by atoms with van der Waals surface area (Å²) in [5, 5.41) is 10.1. The molecule has 1 saturated heterocycles. The van der Waals surface area contributed by atoms with Crippen molar-refractivity contribution < 1.29 is 14.3 Å². The molecule has 168 valence electrons. The van der Waals surface area contributed by atoms with E-state index in [2.05, 4.69) is 20.6 Å². The minimum Gasteiger partial charge on any atom is -0.492 e. The van der Waals surface area contributed by atoms with Crippen LogP contribution in [0.25, 0.3) is 0 Å². The lowest BCUT2D eigenvalue weighted by Gasteiger charge is -2.26. The minimum atomic E-state index is -0.429. The average molecular weight is 460 g/mol. The Morgan fingerprint density at radius 2 is 2.07 bits per heavy atom. The van der Waals surface area contributed by atoms with E-state index in [4.69, 9.17) is 9.47 Å². The van der Waals surface area contributed by atoms with E-state index in [1.807, 2.05) is 37.5 Å². The van der Waals surface area contributed by atoms with E-state index < -0.39 is 6.04 Å². The van der Waals surface area contributed by atoms with Crippen LogP contribution in [0.3, 0.4) is 0 Å². The smallest absolute Gasteiger partial charge is 0.242 e. The summed E-state index contributed by atoms with van der Waals surface area (Å²) in [7, 11) is 3.60. The van der Waals surface area contributed by atoms with Gasteiger partial charge in [0, 0.05) is 45.0 Å². The van der Waals surface area contributed by atoms with Crippen LogP contribution < -0.4 is 15.4 Å². The first-order valence-corrected chi connectivity index (χ1v) is 9.61. The lowest BCUT2D eigenvalue weighted by molar-refractivity contribution is -0.123. The van der Waals surface area contributed by atoms with E-state index >= 15 is 0 Å². The van der Waals surface area contributed by atoms with Crippen molar-refractivity contribution in [1.29, 1.82) is 0 Å². The van der Waals surface area contributed by atoms with Gasteiger partial charge in [-0.05, 0) is 24.7 Å². The third kappa shape index (κ3) is 7.77. The third-order valence-electron chi connectivity index (χ3n) is 4.75.